The minimum Gasteiger partial charge on any atom is -0.290 e. The van der Waals surface area contributed by atoms with E-state index < -0.39 is 0 Å². The molecule has 0 radical (unpaired) electrons. The van der Waals surface area contributed by atoms with E-state index in [4.69, 9.17) is 0 Å². The Morgan fingerprint density at radius 1 is 1.13 bits per heavy atom. The lowest BCUT2D eigenvalue weighted by atomic mass is 9.48. The van der Waals surface area contributed by atoms with Gasteiger partial charge >= 0.3 is 0 Å². The predicted molar refractivity (Wildman–Crippen MR) is 92.9 cm³/mol. The predicted octanol–water partition coefficient (Wildman–Crippen LogP) is 4.81. The zero-order valence-electron chi connectivity index (χ0n) is 14.8. The Balaban J connectivity index is 1.94. The Morgan fingerprint density at radius 3 is 2.61 bits per heavy atom. The van der Waals surface area contributed by atoms with Gasteiger partial charge in [0.05, 0.1) is 0 Å². The van der Waals surface area contributed by atoms with Crippen LogP contribution in [0.15, 0.2) is 35.5 Å². The molecule has 2 heteroatoms. The van der Waals surface area contributed by atoms with Crippen molar-refractivity contribution < 1.29 is 9.59 Å². The van der Waals surface area contributed by atoms with Gasteiger partial charge in [0, 0.05) is 5.57 Å². The summed E-state index contributed by atoms with van der Waals surface area (Å²) >= 11 is 0. The second-order valence-corrected chi connectivity index (χ2v) is 8.61. The molecule has 23 heavy (non-hydrogen) atoms. The van der Waals surface area contributed by atoms with Crippen molar-refractivity contribution in [1.29, 1.82) is 0 Å². The Labute approximate surface area is 139 Å². The van der Waals surface area contributed by atoms with Gasteiger partial charge < -0.3 is 0 Å². The molecule has 0 bridgehead atoms. The summed E-state index contributed by atoms with van der Waals surface area (Å²) in [6.45, 7) is 9.43. The third-order valence-electron chi connectivity index (χ3n) is 6.75. The average Bonchev–Trinajstić information content (AvgIpc) is 2.45. The highest BCUT2D eigenvalue weighted by Crippen LogP contribution is 2.60. The van der Waals surface area contributed by atoms with Crippen LogP contribution in [0.4, 0.5) is 0 Å². The molecule has 0 amide bonds. The fourth-order valence-corrected chi connectivity index (χ4v) is 5.47. The molecule has 1 saturated carbocycles. The van der Waals surface area contributed by atoms with E-state index in [1.54, 1.807) is 6.08 Å². The summed E-state index contributed by atoms with van der Waals surface area (Å²) < 4.78 is 0. The molecule has 3 rings (SSSR count). The zero-order chi connectivity index (χ0) is 16.8. The molecule has 0 unspecified atom stereocenters. The highest BCUT2D eigenvalue weighted by molar-refractivity contribution is 6.17. The van der Waals surface area contributed by atoms with Gasteiger partial charge in [-0.25, -0.2) is 0 Å². The summed E-state index contributed by atoms with van der Waals surface area (Å²) in [6.07, 6.45) is 12.4. The van der Waals surface area contributed by atoms with Crippen LogP contribution in [0, 0.1) is 22.7 Å². The Morgan fingerprint density at radius 2 is 1.87 bits per heavy atom. The van der Waals surface area contributed by atoms with E-state index in [0.717, 1.165) is 6.42 Å². The fraction of sp³-hybridized carbons (Fsp3) is 0.619. The van der Waals surface area contributed by atoms with Gasteiger partial charge in [-0.1, -0.05) is 38.8 Å². The molecule has 0 spiro atoms. The summed E-state index contributed by atoms with van der Waals surface area (Å²) in [5.74, 6) is 0.985. The number of carbonyl (C=O) groups excluding carboxylic acids is 2. The molecule has 0 heterocycles. The van der Waals surface area contributed by atoms with Crippen molar-refractivity contribution in [3.63, 3.8) is 0 Å². The van der Waals surface area contributed by atoms with Crippen LogP contribution in [0.2, 0.25) is 0 Å². The lowest BCUT2D eigenvalue weighted by Gasteiger charge is -2.57. The van der Waals surface area contributed by atoms with E-state index in [1.165, 1.54) is 37.0 Å². The quantitative estimate of drug-likeness (QED) is 0.541. The summed E-state index contributed by atoms with van der Waals surface area (Å²) in [7, 11) is 0. The van der Waals surface area contributed by atoms with Gasteiger partial charge in [-0.3, -0.25) is 9.59 Å². The van der Waals surface area contributed by atoms with Gasteiger partial charge in [-0.2, -0.15) is 0 Å². The van der Waals surface area contributed by atoms with Gasteiger partial charge in [0.2, 0.25) is 0 Å². The molecule has 0 saturated heterocycles. The third-order valence-corrected chi connectivity index (χ3v) is 6.75. The van der Waals surface area contributed by atoms with E-state index in [0.29, 0.717) is 29.2 Å². The monoisotopic (exact) mass is 312 g/mol. The summed E-state index contributed by atoms with van der Waals surface area (Å²) in [5, 5.41) is 0. The second-order valence-electron chi connectivity index (χ2n) is 8.61. The van der Waals surface area contributed by atoms with Gasteiger partial charge in [0.15, 0.2) is 11.6 Å². The minimum atomic E-state index is -0.0530. The van der Waals surface area contributed by atoms with Gasteiger partial charge in [0.1, 0.15) is 0 Å². The van der Waals surface area contributed by atoms with Gasteiger partial charge in [-0.15, -0.1) is 0 Å². The Kier molecular flexibility index (Phi) is 3.98. The van der Waals surface area contributed by atoms with Crippen LogP contribution in [0.5, 0.6) is 0 Å². The molecule has 124 valence electrons. The maximum absolute atomic E-state index is 12.2. The molecule has 0 aromatic carbocycles. The molecular weight excluding hydrogens is 284 g/mol. The number of ketones is 2. The van der Waals surface area contributed by atoms with Crippen LogP contribution in [0.1, 0.15) is 59.8 Å². The number of fused-ring (bicyclic) bond motifs is 1. The van der Waals surface area contributed by atoms with E-state index in [1.807, 2.05) is 0 Å². The first-order valence-corrected chi connectivity index (χ1v) is 8.88. The van der Waals surface area contributed by atoms with Crippen molar-refractivity contribution in [3.8, 4) is 0 Å². The maximum Gasteiger partial charge on any atom is 0.182 e. The molecular formula is C21H28O2. The number of rotatable bonds is 2. The largest absolute Gasteiger partial charge is 0.290 e. The van der Waals surface area contributed by atoms with Crippen LogP contribution < -0.4 is 0 Å². The maximum atomic E-state index is 12.2. The molecule has 1 fully saturated rings. The topological polar surface area (TPSA) is 34.1 Å². The smallest absolute Gasteiger partial charge is 0.182 e. The Bertz CT molecular complexity index is 632. The molecule has 3 aliphatic carbocycles. The van der Waals surface area contributed by atoms with E-state index in [-0.39, 0.29) is 17.0 Å². The van der Waals surface area contributed by atoms with E-state index in [2.05, 4.69) is 33.8 Å². The minimum absolute atomic E-state index is 0.0122. The number of hydrogen-bond acceptors (Lipinski definition) is 2. The van der Waals surface area contributed by atoms with E-state index in [9.17, 15) is 9.59 Å². The number of hydrogen-bond donors (Lipinski definition) is 0. The van der Waals surface area contributed by atoms with Crippen LogP contribution in [-0.2, 0) is 9.59 Å². The highest BCUT2D eigenvalue weighted by Gasteiger charge is 2.51. The molecule has 3 aliphatic rings. The fourth-order valence-electron chi connectivity index (χ4n) is 5.47. The molecule has 0 aromatic rings. The number of carbonyl (C=O) groups is 2. The molecule has 3 atom stereocenters. The molecule has 0 aromatic heterocycles. The number of allylic oxidation sites excluding steroid dienone is 6. The lowest BCUT2D eigenvalue weighted by molar-refractivity contribution is -0.115. The summed E-state index contributed by atoms with van der Waals surface area (Å²) in [6, 6.07) is 0. The van der Waals surface area contributed by atoms with Crippen molar-refractivity contribution in [2.24, 2.45) is 22.7 Å². The summed E-state index contributed by atoms with van der Waals surface area (Å²) in [4.78, 5) is 23.9. The van der Waals surface area contributed by atoms with Crippen LogP contribution in [0.3, 0.4) is 0 Å². The van der Waals surface area contributed by atoms with Crippen molar-refractivity contribution in [2.45, 2.75) is 59.8 Å². The van der Waals surface area contributed by atoms with E-state index >= 15 is 0 Å². The lowest BCUT2D eigenvalue weighted by Crippen LogP contribution is -2.48. The summed E-state index contributed by atoms with van der Waals surface area (Å²) in [5.41, 5.74) is 2.67. The van der Waals surface area contributed by atoms with Crippen molar-refractivity contribution >= 4 is 11.6 Å². The zero-order valence-corrected chi connectivity index (χ0v) is 14.8. The molecule has 0 aliphatic heterocycles. The first-order chi connectivity index (χ1) is 10.7. The van der Waals surface area contributed by atoms with Crippen molar-refractivity contribution in [2.75, 3.05) is 0 Å². The third kappa shape index (κ3) is 2.77. The SMILES string of the molecule is CC1=CC[C@@H]2C(C)(C)CCC[C@@]2(C)[C@@H]1CC1=CC(=O)C=CC1=O. The molecule has 0 N–H and O–H groups in total. The van der Waals surface area contributed by atoms with Gasteiger partial charge in [0.25, 0.3) is 0 Å². The van der Waals surface area contributed by atoms with Crippen LogP contribution in [0.25, 0.3) is 0 Å². The second kappa shape index (κ2) is 5.58. The standard InChI is InChI=1S/C21H28O2/c1-14-6-9-19-20(2,3)10-5-11-21(19,4)17(14)13-15-12-16(22)7-8-18(15)23/h6-8,12,17,19H,5,9-11,13H2,1-4H3/t17-,19-,21+/m1/s1. The van der Waals surface area contributed by atoms with Gasteiger partial charge in [-0.05, 0) is 73.5 Å². The highest BCUT2D eigenvalue weighted by atomic mass is 16.1. The first kappa shape index (κ1) is 16.4. The average molecular weight is 312 g/mol. The first-order valence-electron chi connectivity index (χ1n) is 8.88. The van der Waals surface area contributed by atoms with Crippen LogP contribution in [-0.4, -0.2) is 11.6 Å². The van der Waals surface area contributed by atoms with Crippen LogP contribution >= 0.6 is 0 Å². The molecule has 2 nitrogen and oxygen atoms in total. The normalized spacial score (nSPS) is 36.3. The van der Waals surface area contributed by atoms with Crippen molar-refractivity contribution in [1.82, 2.24) is 0 Å². The van der Waals surface area contributed by atoms with Crippen molar-refractivity contribution in [3.05, 3.63) is 35.5 Å². The Hall–Kier alpha value is -1.44.